The summed E-state index contributed by atoms with van der Waals surface area (Å²) in [5.74, 6) is 0.586. The van der Waals surface area contributed by atoms with Crippen molar-refractivity contribution in [2.24, 2.45) is 11.7 Å². The average Bonchev–Trinajstić information content (AvgIpc) is 3.20. The van der Waals surface area contributed by atoms with Crippen molar-refractivity contribution >= 4 is 5.91 Å². The van der Waals surface area contributed by atoms with Gasteiger partial charge in [0, 0.05) is 6.61 Å². The molecule has 0 radical (unpaired) electrons. The molecule has 1 aromatic carbocycles. The highest BCUT2D eigenvalue weighted by atomic mass is 16.5. The highest BCUT2D eigenvalue weighted by Gasteiger charge is 2.41. The van der Waals surface area contributed by atoms with E-state index < -0.39 is 6.04 Å². The number of carbonyl (C=O) groups is 1. The zero-order valence-corrected chi connectivity index (χ0v) is 11.6. The lowest BCUT2D eigenvalue weighted by atomic mass is 10.0. The first-order valence-electron chi connectivity index (χ1n) is 7.45. The van der Waals surface area contributed by atoms with Gasteiger partial charge in [-0.25, -0.2) is 0 Å². The summed E-state index contributed by atoms with van der Waals surface area (Å²) in [4.78, 5) is 12.2. The van der Waals surface area contributed by atoms with Gasteiger partial charge < -0.3 is 15.8 Å². The number of amides is 1. The first kappa shape index (κ1) is 13.6. The van der Waals surface area contributed by atoms with E-state index in [-0.39, 0.29) is 18.1 Å². The number of carbonyl (C=O) groups excluding carboxylic acids is 1. The van der Waals surface area contributed by atoms with Crippen molar-refractivity contribution in [2.75, 3.05) is 6.61 Å². The third-order valence-electron chi connectivity index (χ3n) is 4.19. The molecule has 0 spiro atoms. The second-order valence-corrected chi connectivity index (χ2v) is 5.87. The largest absolute Gasteiger partial charge is 0.376 e. The van der Waals surface area contributed by atoms with Crippen molar-refractivity contribution in [1.82, 2.24) is 5.32 Å². The number of nitrogens with two attached hydrogens (primary N) is 1. The minimum absolute atomic E-state index is 0.0602. The lowest BCUT2D eigenvalue weighted by Crippen LogP contribution is -2.49. The lowest BCUT2D eigenvalue weighted by molar-refractivity contribution is -0.123. The van der Waals surface area contributed by atoms with Crippen LogP contribution in [0.5, 0.6) is 0 Å². The summed E-state index contributed by atoms with van der Waals surface area (Å²) < 4.78 is 5.73. The third kappa shape index (κ3) is 3.19. The third-order valence-corrected chi connectivity index (χ3v) is 4.19. The van der Waals surface area contributed by atoms with Crippen LogP contribution in [0, 0.1) is 5.92 Å². The highest BCUT2D eigenvalue weighted by molar-refractivity contribution is 5.82. The van der Waals surface area contributed by atoms with Crippen molar-refractivity contribution in [2.45, 2.75) is 43.9 Å². The second-order valence-electron chi connectivity index (χ2n) is 5.87. The fourth-order valence-electron chi connectivity index (χ4n) is 2.91. The molecule has 0 aromatic heterocycles. The second kappa shape index (κ2) is 5.94. The van der Waals surface area contributed by atoms with E-state index in [0.29, 0.717) is 12.3 Å². The molecule has 1 saturated heterocycles. The van der Waals surface area contributed by atoms with E-state index >= 15 is 0 Å². The van der Waals surface area contributed by atoms with Crippen molar-refractivity contribution in [3.63, 3.8) is 0 Å². The van der Waals surface area contributed by atoms with Crippen LogP contribution in [0.3, 0.4) is 0 Å². The molecular weight excluding hydrogens is 252 g/mol. The molecule has 4 heteroatoms. The van der Waals surface area contributed by atoms with E-state index in [4.69, 9.17) is 10.5 Å². The van der Waals surface area contributed by atoms with Crippen LogP contribution >= 0.6 is 0 Å². The predicted molar refractivity (Wildman–Crippen MR) is 77.1 cm³/mol. The molecule has 108 valence electrons. The van der Waals surface area contributed by atoms with Crippen LogP contribution in [0.4, 0.5) is 0 Å². The zero-order chi connectivity index (χ0) is 13.9. The van der Waals surface area contributed by atoms with Crippen LogP contribution in [-0.4, -0.2) is 30.7 Å². The number of ether oxygens (including phenoxy) is 1. The molecule has 1 heterocycles. The van der Waals surface area contributed by atoms with Gasteiger partial charge in [0.1, 0.15) is 0 Å². The fourth-order valence-corrected chi connectivity index (χ4v) is 2.91. The Labute approximate surface area is 119 Å². The molecule has 4 nitrogen and oxygen atoms in total. The van der Waals surface area contributed by atoms with Gasteiger partial charge in [0.05, 0.1) is 18.2 Å². The van der Waals surface area contributed by atoms with Gasteiger partial charge in [-0.3, -0.25) is 4.79 Å². The topological polar surface area (TPSA) is 64.4 Å². The maximum atomic E-state index is 12.2. The van der Waals surface area contributed by atoms with Gasteiger partial charge in [-0.2, -0.15) is 0 Å². The van der Waals surface area contributed by atoms with E-state index in [9.17, 15) is 4.79 Å². The molecule has 1 amide bonds. The number of rotatable bonds is 5. The first-order chi connectivity index (χ1) is 9.74. The molecule has 3 N–H and O–H groups in total. The van der Waals surface area contributed by atoms with Gasteiger partial charge >= 0.3 is 0 Å². The lowest BCUT2D eigenvalue weighted by Gasteiger charge is -2.21. The summed E-state index contributed by atoms with van der Waals surface area (Å²) in [7, 11) is 0. The first-order valence-corrected chi connectivity index (χ1v) is 7.45. The van der Waals surface area contributed by atoms with Gasteiger partial charge in [0.2, 0.25) is 5.91 Å². The molecule has 1 saturated carbocycles. The Bertz CT molecular complexity index is 459. The Balaban J connectivity index is 1.53. The molecule has 2 fully saturated rings. The standard InChI is InChI=1S/C16H22N2O2/c17-13(10-11-4-2-1-3-5-11)16(19)18-14-8-9-20-15(14)12-6-7-12/h1-5,12-15H,6-10,17H2,(H,18,19)/t13-,14?,15?/m1/s1. The van der Waals surface area contributed by atoms with E-state index in [0.717, 1.165) is 18.6 Å². The molecule has 2 aliphatic rings. The molecule has 1 aliphatic heterocycles. The Kier molecular flexibility index (Phi) is 4.03. The highest BCUT2D eigenvalue weighted by Crippen LogP contribution is 2.38. The van der Waals surface area contributed by atoms with E-state index in [2.05, 4.69) is 5.32 Å². The fraction of sp³-hybridized carbons (Fsp3) is 0.562. The number of benzene rings is 1. The Hall–Kier alpha value is -1.39. The van der Waals surface area contributed by atoms with Crippen LogP contribution in [0.15, 0.2) is 30.3 Å². The molecular formula is C16H22N2O2. The summed E-state index contributed by atoms with van der Waals surface area (Å²) in [6.07, 6.45) is 4.15. The molecule has 0 bridgehead atoms. The van der Waals surface area contributed by atoms with Gasteiger partial charge in [0.25, 0.3) is 0 Å². The van der Waals surface area contributed by atoms with Crippen molar-refractivity contribution < 1.29 is 9.53 Å². The molecule has 1 aromatic rings. The molecule has 2 unspecified atom stereocenters. The Morgan fingerprint density at radius 2 is 2.05 bits per heavy atom. The zero-order valence-electron chi connectivity index (χ0n) is 11.6. The normalized spacial score (nSPS) is 27.2. The number of hydrogen-bond acceptors (Lipinski definition) is 3. The number of nitrogens with one attached hydrogen (secondary N) is 1. The van der Waals surface area contributed by atoms with Gasteiger partial charge in [-0.1, -0.05) is 30.3 Å². The van der Waals surface area contributed by atoms with Crippen molar-refractivity contribution in [3.8, 4) is 0 Å². The van der Waals surface area contributed by atoms with Gasteiger partial charge in [0.15, 0.2) is 0 Å². The van der Waals surface area contributed by atoms with Crippen LogP contribution in [0.2, 0.25) is 0 Å². The van der Waals surface area contributed by atoms with Crippen LogP contribution in [0.1, 0.15) is 24.8 Å². The molecule has 1 aliphatic carbocycles. The molecule has 3 rings (SSSR count). The van der Waals surface area contributed by atoms with Crippen LogP contribution in [-0.2, 0) is 16.0 Å². The molecule has 20 heavy (non-hydrogen) atoms. The smallest absolute Gasteiger partial charge is 0.237 e. The summed E-state index contributed by atoms with van der Waals surface area (Å²) in [5.41, 5.74) is 7.11. The summed E-state index contributed by atoms with van der Waals surface area (Å²) in [5, 5.41) is 3.08. The average molecular weight is 274 g/mol. The minimum atomic E-state index is -0.488. The van der Waals surface area contributed by atoms with Crippen LogP contribution < -0.4 is 11.1 Å². The maximum Gasteiger partial charge on any atom is 0.237 e. The summed E-state index contributed by atoms with van der Waals surface area (Å²) >= 11 is 0. The van der Waals surface area contributed by atoms with Crippen molar-refractivity contribution in [1.29, 1.82) is 0 Å². The molecule has 3 atom stereocenters. The SMILES string of the molecule is N[C@H](Cc1ccccc1)C(=O)NC1CCOC1C1CC1. The monoisotopic (exact) mass is 274 g/mol. The Morgan fingerprint density at radius 1 is 1.30 bits per heavy atom. The van der Waals surface area contributed by atoms with Gasteiger partial charge in [-0.05, 0) is 37.2 Å². The van der Waals surface area contributed by atoms with Gasteiger partial charge in [-0.15, -0.1) is 0 Å². The van der Waals surface area contributed by atoms with E-state index in [1.54, 1.807) is 0 Å². The summed E-state index contributed by atoms with van der Waals surface area (Å²) in [6, 6.07) is 9.56. The maximum absolute atomic E-state index is 12.2. The number of hydrogen-bond donors (Lipinski definition) is 2. The predicted octanol–water partition coefficient (Wildman–Crippen LogP) is 1.24. The minimum Gasteiger partial charge on any atom is -0.376 e. The van der Waals surface area contributed by atoms with E-state index in [1.165, 1.54) is 12.8 Å². The summed E-state index contributed by atoms with van der Waals surface area (Å²) in [6.45, 7) is 0.750. The quantitative estimate of drug-likeness (QED) is 0.849. The van der Waals surface area contributed by atoms with Crippen molar-refractivity contribution in [3.05, 3.63) is 35.9 Å². The Morgan fingerprint density at radius 3 is 2.75 bits per heavy atom. The van der Waals surface area contributed by atoms with Crippen LogP contribution in [0.25, 0.3) is 0 Å². The van der Waals surface area contributed by atoms with E-state index in [1.807, 2.05) is 30.3 Å².